The molecule has 1 atom stereocenters. The molecule has 0 saturated heterocycles. The van der Waals surface area contributed by atoms with Gasteiger partial charge in [0.05, 0.1) is 0 Å². The molecule has 0 bridgehead atoms. The molecular weight excluding hydrogens is 448 g/mol. The van der Waals surface area contributed by atoms with Gasteiger partial charge in [-0.25, -0.2) is 14.6 Å². The molecule has 2 aromatic heterocycles. The van der Waals surface area contributed by atoms with Crippen LogP contribution in [0.4, 0.5) is 5.82 Å². The average Bonchev–Trinajstić information content (AvgIpc) is 3.17. The molecule has 1 aromatic carbocycles. The summed E-state index contributed by atoms with van der Waals surface area (Å²) < 4.78 is 17.9. The van der Waals surface area contributed by atoms with E-state index in [1.165, 1.54) is 6.07 Å². The molecule has 4 rings (SSSR count). The van der Waals surface area contributed by atoms with Gasteiger partial charge in [-0.05, 0) is 62.6 Å². The number of carbonyl (C=O) groups excluding carboxylic acids is 2. The lowest BCUT2D eigenvalue weighted by atomic mass is 9.76. The first-order chi connectivity index (χ1) is 16.6. The van der Waals surface area contributed by atoms with Crippen LogP contribution >= 0.6 is 0 Å². The number of aldehydes is 1. The molecule has 8 nitrogen and oxygen atoms in total. The lowest BCUT2D eigenvalue weighted by Gasteiger charge is -2.43. The van der Waals surface area contributed by atoms with Crippen molar-refractivity contribution in [2.24, 2.45) is 0 Å². The summed E-state index contributed by atoms with van der Waals surface area (Å²) in [6.45, 7) is 7.08. The maximum atomic E-state index is 12.8. The fourth-order valence-electron chi connectivity index (χ4n) is 4.39. The average molecular weight is 477 g/mol. The Kier molecular flexibility index (Phi) is 6.23. The van der Waals surface area contributed by atoms with Gasteiger partial charge in [-0.2, -0.15) is 0 Å². The fraction of sp³-hybridized carbons (Fsp3) is 0.333. The number of hydrogen-bond acceptors (Lipinski definition) is 8. The van der Waals surface area contributed by atoms with Crippen molar-refractivity contribution >= 4 is 29.0 Å². The summed E-state index contributed by atoms with van der Waals surface area (Å²) in [6.07, 6.45) is 4.96. The Morgan fingerprint density at radius 1 is 1.26 bits per heavy atom. The molecule has 0 fully saturated rings. The standard InChI is InChI=1S/C27H28N2O6/c1-5-16(2)25(32)35-26(3,4)27(13-19-11-23(28)29-15-18(19)8-9-30)14-20-10-17-6-7-24(31)33-21(17)12-22(20)34-27/h5-7,9-12,15H,8,13-14H2,1-4H3,(H2,28,29)/b16-5+/t27-/m0/s1. The molecule has 182 valence electrons. The second kappa shape index (κ2) is 9.02. The predicted molar refractivity (Wildman–Crippen MR) is 131 cm³/mol. The van der Waals surface area contributed by atoms with Gasteiger partial charge in [0.1, 0.15) is 29.0 Å². The van der Waals surface area contributed by atoms with Crippen molar-refractivity contribution in [2.75, 3.05) is 5.73 Å². The molecule has 35 heavy (non-hydrogen) atoms. The first kappa shape index (κ1) is 24.2. The second-order valence-corrected chi connectivity index (χ2v) is 9.32. The van der Waals surface area contributed by atoms with E-state index in [0.29, 0.717) is 35.6 Å². The molecule has 0 amide bonds. The number of hydrogen-bond donors (Lipinski definition) is 1. The van der Waals surface area contributed by atoms with Gasteiger partial charge in [-0.15, -0.1) is 0 Å². The van der Waals surface area contributed by atoms with E-state index in [0.717, 1.165) is 28.4 Å². The van der Waals surface area contributed by atoms with Crippen molar-refractivity contribution in [2.45, 2.75) is 58.2 Å². The minimum Gasteiger partial charge on any atom is -0.482 e. The Balaban J connectivity index is 1.83. The quantitative estimate of drug-likeness (QED) is 0.237. The monoisotopic (exact) mass is 476 g/mol. The van der Waals surface area contributed by atoms with E-state index >= 15 is 0 Å². The highest BCUT2D eigenvalue weighted by molar-refractivity contribution is 5.88. The third-order valence-electron chi connectivity index (χ3n) is 6.67. The number of aromatic nitrogens is 1. The zero-order valence-electron chi connectivity index (χ0n) is 20.2. The SMILES string of the molecule is C/C=C(\C)C(=O)OC(C)(C)[C@]1(Cc2cc(N)ncc2CC=O)Cc2cc3ccc(=O)oc3cc2O1. The summed E-state index contributed by atoms with van der Waals surface area (Å²) in [4.78, 5) is 40.0. The van der Waals surface area contributed by atoms with Gasteiger partial charge < -0.3 is 24.4 Å². The smallest absolute Gasteiger partial charge is 0.336 e. The number of nitrogens with zero attached hydrogens (tertiary/aromatic N) is 1. The van der Waals surface area contributed by atoms with E-state index in [1.807, 2.05) is 19.9 Å². The summed E-state index contributed by atoms with van der Waals surface area (Å²) in [5.74, 6) is 0.403. The molecule has 0 saturated carbocycles. The summed E-state index contributed by atoms with van der Waals surface area (Å²) >= 11 is 0. The van der Waals surface area contributed by atoms with Gasteiger partial charge in [0.25, 0.3) is 0 Å². The maximum absolute atomic E-state index is 12.8. The van der Waals surface area contributed by atoms with Gasteiger partial charge in [-0.1, -0.05) is 6.08 Å². The van der Waals surface area contributed by atoms with Crippen molar-refractivity contribution in [1.82, 2.24) is 4.98 Å². The van der Waals surface area contributed by atoms with E-state index in [4.69, 9.17) is 19.6 Å². The van der Waals surface area contributed by atoms with Crippen molar-refractivity contribution in [1.29, 1.82) is 0 Å². The summed E-state index contributed by atoms with van der Waals surface area (Å²) in [5.41, 5.74) is 6.65. The lowest BCUT2D eigenvalue weighted by molar-refractivity contribution is -0.174. The van der Waals surface area contributed by atoms with E-state index in [1.54, 1.807) is 44.3 Å². The molecule has 1 aliphatic rings. The Labute approximate surface area is 202 Å². The molecule has 0 aliphatic carbocycles. The zero-order valence-corrected chi connectivity index (χ0v) is 20.2. The van der Waals surface area contributed by atoms with E-state index < -0.39 is 22.8 Å². The number of nitrogen functional groups attached to an aromatic ring is 1. The summed E-state index contributed by atoms with van der Waals surface area (Å²) in [5, 5.41) is 0.761. The number of anilines is 1. The van der Waals surface area contributed by atoms with Crippen LogP contribution in [0.2, 0.25) is 0 Å². The van der Waals surface area contributed by atoms with Gasteiger partial charge >= 0.3 is 11.6 Å². The first-order valence-corrected chi connectivity index (χ1v) is 11.4. The van der Waals surface area contributed by atoms with Crippen LogP contribution in [-0.4, -0.2) is 28.4 Å². The van der Waals surface area contributed by atoms with Gasteiger partial charge in [0.2, 0.25) is 0 Å². The van der Waals surface area contributed by atoms with Crippen LogP contribution in [0.1, 0.15) is 44.4 Å². The highest BCUT2D eigenvalue weighted by atomic mass is 16.6. The van der Waals surface area contributed by atoms with E-state index in [-0.39, 0.29) is 6.42 Å². The molecule has 3 heterocycles. The third kappa shape index (κ3) is 4.56. The van der Waals surface area contributed by atoms with Crippen LogP contribution in [0.25, 0.3) is 11.0 Å². The summed E-state index contributed by atoms with van der Waals surface area (Å²) in [7, 11) is 0. The molecule has 0 radical (unpaired) electrons. The van der Waals surface area contributed by atoms with E-state index in [9.17, 15) is 14.4 Å². The van der Waals surface area contributed by atoms with Gasteiger partial charge in [-0.3, -0.25) is 0 Å². The number of rotatable bonds is 7. The van der Waals surface area contributed by atoms with Crippen LogP contribution < -0.4 is 16.1 Å². The predicted octanol–water partition coefficient (Wildman–Crippen LogP) is 3.72. The molecule has 0 unspecified atom stereocenters. The van der Waals surface area contributed by atoms with Crippen molar-refractivity contribution in [3.8, 4) is 5.75 Å². The minimum absolute atomic E-state index is 0.165. The van der Waals surface area contributed by atoms with Crippen LogP contribution in [-0.2, 0) is 33.6 Å². The Hall–Kier alpha value is -3.94. The topological polar surface area (TPSA) is 122 Å². The number of fused-ring (bicyclic) bond motifs is 2. The number of esters is 1. The third-order valence-corrected chi connectivity index (χ3v) is 6.67. The molecule has 0 spiro atoms. The normalized spacial score (nSPS) is 17.7. The van der Waals surface area contributed by atoms with Crippen LogP contribution in [0, 0.1) is 0 Å². The summed E-state index contributed by atoms with van der Waals surface area (Å²) in [6, 6.07) is 8.40. The number of benzene rings is 1. The number of pyridine rings is 1. The van der Waals surface area contributed by atoms with Crippen molar-refractivity contribution in [3.05, 3.63) is 75.3 Å². The first-order valence-electron chi connectivity index (χ1n) is 11.4. The van der Waals surface area contributed by atoms with E-state index in [2.05, 4.69) is 4.98 Å². The number of nitrogens with two attached hydrogens (primary N) is 1. The second-order valence-electron chi connectivity index (χ2n) is 9.32. The Morgan fingerprint density at radius 2 is 2.03 bits per heavy atom. The zero-order chi connectivity index (χ0) is 25.4. The maximum Gasteiger partial charge on any atom is 0.336 e. The van der Waals surface area contributed by atoms with Crippen LogP contribution in [0.3, 0.4) is 0 Å². The minimum atomic E-state index is -1.10. The molecule has 2 N–H and O–H groups in total. The molecule has 1 aliphatic heterocycles. The lowest BCUT2D eigenvalue weighted by Crippen LogP contribution is -2.58. The number of allylic oxidation sites excluding steroid dienone is 1. The number of carbonyl (C=O) groups is 2. The van der Waals surface area contributed by atoms with Crippen LogP contribution in [0.5, 0.6) is 5.75 Å². The van der Waals surface area contributed by atoms with Crippen molar-refractivity contribution < 1.29 is 23.5 Å². The highest BCUT2D eigenvalue weighted by Gasteiger charge is 2.54. The number of ether oxygens (including phenoxy) is 2. The fourth-order valence-corrected chi connectivity index (χ4v) is 4.39. The highest BCUT2D eigenvalue weighted by Crippen LogP contribution is 2.46. The molecule has 3 aromatic rings. The van der Waals surface area contributed by atoms with Gasteiger partial charge in [0, 0.05) is 48.6 Å². The Morgan fingerprint density at radius 3 is 2.74 bits per heavy atom. The Bertz CT molecular complexity index is 1400. The molecular formula is C27H28N2O6. The van der Waals surface area contributed by atoms with Gasteiger partial charge in [0.15, 0.2) is 5.60 Å². The van der Waals surface area contributed by atoms with Crippen molar-refractivity contribution in [3.63, 3.8) is 0 Å². The largest absolute Gasteiger partial charge is 0.482 e. The molecule has 8 heteroatoms. The van der Waals surface area contributed by atoms with Crippen LogP contribution in [0.15, 0.2) is 57.4 Å².